The molecule has 1 rings (SSSR count). The maximum absolute atomic E-state index is 5.49. The van der Waals surface area contributed by atoms with E-state index < -0.39 is 0 Å². The second kappa shape index (κ2) is 12.0. The number of benzene rings is 1. The first-order chi connectivity index (χ1) is 9.43. The number of hydrogen-bond acceptors (Lipinski definition) is 4. The van der Waals surface area contributed by atoms with E-state index in [1.54, 1.807) is 0 Å². The Balaban J connectivity index is 1.79. The molecule has 0 aliphatic heterocycles. The maximum Gasteiger partial charge on any atom is 0.119 e. The van der Waals surface area contributed by atoms with E-state index in [9.17, 15) is 0 Å². The van der Waals surface area contributed by atoms with Gasteiger partial charge in [-0.3, -0.25) is 0 Å². The molecule has 0 bridgehead atoms. The highest BCUT2D eigenvalue weighted by Gasteiger charge is 1.93. The van der Waals surface area contributed by atoms with E-state index in [4.69, 9.17) is 18.9 Å². The van der Waals surface area contributed by atoms with Gasteiger partial charge in [-0.05, 0) is 18.6 Å². The third kappa shape index (κ3) is 9.47. The first-order valence-corrected chi connectivity index (χ1v) is 6.84. The predicted octanol–water partition coefficient (Wildman–Crippen LogP) is 2.53. The fourth-order valence-electron chi connectivity index (χ4n) is 1.42. The summed E-state index contributed by atoms with van der Waals surface area (Å²) in [5.41, 5.74) is 0. The van der Waals surface area contributed by atoms with Crippen LogP contribution in [0.15, 0.2) is 30.3 Å². The Hall–Kier alpha value is -1.10. The van der Waals surface area contributed by atoms with Gasteiger partial charge in [0.2, 0.25) is 0 Å². The summed E-state index contributed by atoms with van der Waals surface area (Å²) >= 11 is 0. The molecule has 0 saturated carbocycles. The summed E-state index contributed by atoms with van der Waals surface area (Å²) in [5.74, 6) is 0.871. The van der Waals surface area contributed by atoms with Crippen LogP contribution in [-0.2, 0) is 14.2 Å². The number of hydrogen-bond donors (Lipinski definition) is 0. The van der Waals surface area contributed by atoms with Gasteiger partial charge in [-0.25, -0.2) is 0 Å². The van der Waals surface area contributed by atoms with Crippen LogP contribution in [0.5, 0.6) is 5.75 Å². The van der Waals surface area contributed by atoms with Gasteiger partial charge in [0, 0.05) is 6.61 Å². The van der Waals surface area contributed by atoms with Crippen LogP contribution in [0.25, 0.3) is 0 Å². The van der Waals surface area contributed by atoms with Crippen molar-refractivity contribution in [1.29, 1.82) is 0 Å². The molecule has 0 aliphatic carbocycles. The molecule has 0 saturated heterocycles. The summed E-state index contributed by atoms with van der Waals surface area (Å²) in [6.45, 7) is 6.50. The summed E-state index contributed by atoms with van der Waals surface area (Å²) < 4.78 is 21.5. The smallest absolute Gasteiger partial charge is 0.119 e. The van der Waals surface area contributed by atoms with Crippen LogP contribution in [0.1, 0.15) is 13.3 Å². The zero-order valence-corrected chi connectivity index (χ0v) is 11.7. The van der Waals surface area contributed by atoms with Gasteiger partial charge in [-0.1, -0.05) is 25.1 Å². The summed E-state index contributed by atoms with van der Waals surface area (Å²) in [4.78, 5) is 0. The van der Waals surface area contributed by atoms with Crippen LogP contribution in [0.2, 0.25) is 0 Å². The molecule has 0 radical (unpaired) electrons. The van der Waals surface area contributed by atoms with Gasteiger partial charge in [-0.15, -0.1) is 0 Å². The van der Waals surface area contributed by atoms with Crippen LogP contribution >= 0.6 is 0 Å². The monoisotopic (exact) mass is 268 g/mol. The van der Waals surface area contributed by atoms with Gasteiger partial charge in [0.15, 0.2) is 0 Å². The quantitative estimate of drug-likeness (QED) is 0.546. The highest BCUT2D eigenvalue weighted by Crippen LogP contribution is 2.07. The molecule has 4 nitrogen and oxygen atoms in total. The molecule has 0 aliphatic rings. The Bertz CT molecular complexity index is 289. The van der Waals surface area contributed by atoms with E-state index in [-0.39, 0.29) is 0 Å². The third-order valence-electron chi connectivity index (χ3n) is 2.33. The number of ether oxygens (including phenoxy) is 4. The van der Waals surface area contributed by atoms with E-state index >= 15 is 0 Å². The van der Waals surface area contributed by atoms with Crippen molar-refractivity contribution in [3.63, 3.8) is 0 Å². The summed E-state index contributed by atoms with van der Waals surface area (Å²) in [6.07, 6.45) is 1.05. The van der Waals surface area contributed by atoms with Gasteiger partial charge >= 0.3 is 0 Å². The Morgan fingerprint density at radius 3 is 1.79 bits per heavy atom. The molecule has 0 heterocycles. The van der Waals surface area contributed by atoms with E-state index in [1.165, 1.54) is 0 Å². The number of para-hydroxylation sites is 1. The van der Waals surface area contributed by atoms with Gasteiger partial charge in [-0.2, -0.15) is 0 Å². The Morgan fingerprint density at radius 1 is 0.684 bits per heavy atom. The zero-order chi connectivity index (χ0) is 13.6. The van der Waals surface area contributed by atoms with E-state index in [1.807, 2.05) is 30.3 Å². The molecular formula is C15H24O4. The molecule has 0 N–H and O–H groups in total. The standard InChI is InChI=1S/C15H24O4/c1-2-8-16-9-10-17-11-12-18-13-14-19-15-6-4-3-5-7-15/h3-7H,2,8-14H2,1H3. The fraction of sp³-hybridized carbons (Fsp3) is 0.600. The molecule has 4 heteroatoms. The van der Waals surface area contributed by atoms with Crippen LogP contribution in [-0.4, -0.2) is 46.2 Å². The molecule has 0 spiro atoms. The van der Waals surface area contributed by atoms with Crippen molar-refractivity contribution in [1.82, 2.24) is 0 Å². The van der Waals surface area contributed by atoms with Crippen molar-refractivity contribution in [2.45, 2.75) is 13.3 Å². The van der Waals surface area contributed by atoms with Gasteiger partial charge in [0.05, 0.1) is 33.0 Å². The van der Waals surface area contributed by atoms with Crippen LogP contribution in [0.4, 0.5) is 0 Å². The second-order valence-electron chi connectivity index (χ2n) is 4.00. The lowest BCUT2D eigenvalue weighted by Crippen LogP contribution is -2.12. The molecule has 19 heavy (non-hydrogen) atoms. The van der Waals surface area contributed by atoms with Gasteiger partial charge in [0.1, 0.15) is 12.4 Å². The average Bonchev–Trinajstić information content (AvgIpc) is 2.46. The minimum Gasteiger partial charge on any atom is -0.491 e. The Labute approximate surface area is 115 Å². The van der Waals surface area contributed by atoms with Gasteiger partial charge in [0.25, 0.3) is 0 Å². The van der Waals surface area contributed by atoms with Crippen molar-refractivity contribution in [3.8, 4) is 5.75 Å². The SMILES string of the molecule is CCCOCCOCCOCCOc1ccccc1. The minimum atomic E-state index is 0.559. The van der Waals surface area contributed by atoms with Crippen LogP contribution in [0, 0.1) is 0 Å². The fourth-order valence-corrected chi connectivity index (χ4v) is 1.42. The van der Waals surface area contributed by atoms with Crippen molar-refractivity contribution in [2.24, 2.45) is 0 Å². The normalized spacial score (nSPS) is 10.6. The zero-order valence-electron chi connectivity index (χ0n) is 11.7. The topological polar surface area (TPSA) is 36.9 Å². The molecule has 108 valence electrons. The summed E-state index contributed by atoms with van der Waals surface area (Å²) in [7, 11) is 0. The largest absolute Gasteiger partial charge is 0.491 e. The highest BCUT2D eigenvalue weighted by molar-refractivity contribution is 5.20. The predicted molar refractivity (Wildman–Crippen MR) is 74.7 cm³/mol. The molecular weight excluding hydrogens is 244 g/mol. The maximum atomic E-state index is 5.49. The Kier molecular flexibility index (Phi) is 10.0. The molecule has 0 aromatic heterocycles. The minimum absolute atomic E-state index is 0.559. The average molecular weight is 268 g/mol. The summed E-state index contributed by atoms with van der Waals surface area (Å²) in [5, 5.41) is 0. The molecule has 0 atom stereocenters. The molecule has 0 unspecified atom stereocenters. The van der Waals surface area contributed by atoms with Gasteiger partial charge < -0.3 is 18.9 Å². The van der Waals surface area contributed by atoms with E-state index in [0.29, 0.717) is 39.6 Å². The van der Waals surface area contributed by atoms with Crippen molar-refractivity contribution < 1.29 is 18.9 Å². The molecule has 1 aromatic carbocycles. The molecule has 0 amide bonds. The van der Waals surface area contributed by atoms with Crippen molar-refractivity contribution >= 4 is 0 Å². The lowest BCUT2D eigenvalue weighted by Gasteiger charge is -2.07. The molecule has 0 fully saturated rings. The number of rotatable bonds is 12. The third-order valence-corrected chi connectivity index (χ3v) is 2.33. The van der Waals surface area contributed by atoms with E-state index in [2.05, 4.69) is 6.92 Å². The molecule has 1 aromatic rings. The Morgan fingerprint density at radius 2 is 1.21 bits per heavy atom. The first kappa shape index (κ1) is 16.0. The lowest BCUT2D eigenvalue weighted by atomic mass is 10.3. The second-order valence-corrected chi connectivity index (χ2v) is 4.00. The summed E-state index contributed by atoms with van der Waals surface area (Å²) in [6, 6.07) is 9.72. The van der Waals surface area contributed by atoms with Crippen molar-refractivity contribution in [3.05, 3.63) is 30.3 Å². The van der Waals surface area contributed by atoms with Crippen molar-refractivity contribution in [2.75, 3.05) is 46.2 Å². The van der Waals surface area contributed by atoms with Crippen LogP contribution in [0.3, 0.4) is 0 Å². The lowest BCUT2D eigenvalue weighted by molar-refractivity contribution is 0.00945. The van der Waals surface area contributed by atoms with E-state index in [0.717, 1.165) is 18.8 Å². The first-order valence-electron chi connectivity index (χ1n) is 6.84. The van der Waals surface area contributed by atoms with Crippen LogP contribution < -0.4 is 4.74 Å². The highest BCUT2D eigenvalue weighted by atomic mass is 16.6.